The van der Waals surface area contributed by atoms with Crippen LogP contribution in [0, 0.1) is 6.92 Å². The first-order valence-corrected chi connectivity index (χ1v) is 3.17. The number of benzene rings is 1. The molecule has 11 heavy (non-hydrogen) atoms. The van der Waals surface area contributed by atoms with Gasteiger partial charge in [-0.2, -0.15) is 0 Å². The number of carboxylic acids is 1. The Balaban J connectivity index is 3.15. The van der Waals surface area contributed by atoms with Crippen molar-refractivity contribution in [1.29, 1.82) is 0 Å². The number of hydrogen-bond donors (Lipinski definition) is 1. The topological polar surface area (TPSA) is 61.1 Å². The van der Waals surface area contributed by atoms with Crippen molar-refractivity contribution in [2.75, 3.05) is 0 Å². The van der Waals surface area contributed by atoms with Gasteiger partial charge in [0, 0.05) is 0 Å². The molecule has 0 unspecified atom stereocenters. The number of nitrogens with one attached hydrogen (secondary N) is 1. The Kier molecular flexibility index (Phi) is 1.81. The van der Waals surface area contributed by atoms with E-state index in [1.54, 1.807) is 6.92 Å². The molecule has 57 valence electrons. The van der Waals surface area contributed by atoms with Crippen LogP contribution in [0.15, 0.2) is 18.2 Å². The lowest BCUT2D eigenvalue weighted by atomic mass is 10.1. The minimum absolute atomic E-state index is 0.235. The van der Waals surface area contributed by atoms with Gasteiger partial charge in [-0.25, -0.2) is 4.79 Å². The number of rotatable bonds is 1. The summed E-state index contributed by atoms with van der Waals surface area (Å²) in [4.78, 5) is 10.4. The van der Waals surface area contributed by atoms with Crippen LogP contribution in [0.5, 0.6) is 0 Å². The zero-order valence-corrected chi connectivity index (χ0v) is 6.09. The lowest BCUT2D eigenvalue weighted by Crippen LogP contribution is -1.96. The smallest absolute Gasteiger partial charge is 0.335 e. The second-order valence-electron chi connectivity index (χ2n) is 2.33. The predicted octanol–water partition coefficient (Wildman–Crippen LogP) is 1.61. The van der Waals surface area contributed by atoms with Crippen molar-refractivity contribution < 1.29 is 9.90 Å². The van der Waals surface area contributed by atoms with Crippen LogP contribution >= 0.6 is 0 Å². The molecule has 1 rings (SSSR count). The molecule has 3 heteroatoms. The third-order valence-electron chi connectivity index (χ3n) is 1.47. The van der Waals surface area contributed by atoms with Crippen molar-refractivity contribution in [3.8, 4) is 0 Å². The molecule has 3 nitrogen and oxygen atoms in total. The van der Waals surface area contributed by atoms with Gasteiger partial charge >= 0.3 is 5.97 Å². The highest BCUT2D eigenvalue weighted by Crippen LogP contribution is 2.13. The van der Waals surface area contributed by atoms with Crippen LogP contribution in [0.2, 0.25) is 0 Å². The van der Waals surface area contributed by atoms with E-state index in [-0.39, 0.29) is 5.56 Å². The predicted molar refractivity (Wildman–Crippen MR) is 40.9 cm³/mol. The van der Waals surface area contributed by atoms with Crippen LogP contribution in [0.25, 0.3) is 0 Å². The van der Waals surface area contributed by atoms with Crippen LogP contribution in [-0.4, -0.2) is 11.1 Å². The number of aryl methyl sites for hydroxylation is 1. The molecule has 0 bridgehead atoms. The van der Waals surface area contributed by atoms with Gasteiger partial charge in [-0.3, -0.25) is 0 Å². The van der Waals surface area contributed by atoms with Gasteiger partial charge in [0.2, 0.25) is 0 Å². The van der Waals surface area contributed by atoms with E-state index in [2.05, 4.69) is 0 Å². The van der Waals surface area contributed by atoms with Gasteiger partial charge in [0.05, 0.1) is 11.3 Å². The maximum Gasteiger partial charge on any atom is 0.335 e. The summed E-state index contributed by atoms with van der Waals surface area (Å²) in [6, 6.07) is 4.40. The Bertz CT molecular complexity index is 294. The van der Waals surface area contributed by atoms with Crippen molar-refractivity contribution in [1.82, 2.24) is 5.73 Å². The van der Waals surface area contributed by atoms with Crippen LogP contribution < -0.4 is 5.73 Å². The Hall–Kier alpha value is -1.51. The van der Waals surface area contributed by atoms with Gasteiger partial charge in [0.25, 0.3) is 0 Å². The largest absolute Gasteiger partial charge is 0.478 e. The van der Waals surface area contributed by atoms with E-state index in [1.807, 2.05) is 0 Å². The fourth-order valence-corrected chi connectivity index (χ4v) is 0.797. The second-order valence-corrected chi connectivity index (χ2v) is 2.33. The minimum Gasteiger partial charge on any atom is -0.478 e. The van der Waals surface area contributed by atoms with Gasteiger partial charge < -0.3 is 10.8 Å². The molecule has 0 atom stereocenters. The molecule has 0 aliphatic carbocycles. The molecule has 0 heterocycles. The summed E-state index contributed by atoms with van der Waals surface area (Å²) in [7, 11) is 0. The number of aromatic carboxylic acids is 1. The molecule has 0 aliphatic heterocycles. The quantitative estimate of drug-likeness (QED) is 0.661. The third kappa shape index (κ3) is 1.49. The maximum absolute atomic E-state index is 10.4. The summed E-state index contributed by atoms with van der Waals surface area (Å²) in [6.07, 6.45) is 0. The van der Waals surface area contributed by atoms with Crippen LogP contribution in [0.1, 0.15) is 15.9 Å². The molecule has 0 saturated heterocycles. The van der Waals surface area contributed by atoms with E-state index in [0.717, 1.165) is 0 Å². The van der Waals surface area contributed by atoms with Gasteiger partial charge in [-0.1, -0.05) is 0 Å². The second kappa shape index (κ2) is 2.62. The normalized spacial score (nSPS) is 9.55. The summed E-state index contributed by atoms with van der Waals surface area (Å²) in [6.45, 7) is 1.72. The fourth-order valence-electron chi connectivity index (χ4n) is 0.797. The van der Waals surface area contributed by atoms with E-state index in [4.69, 9.17) is 10.8 Å². The first-order valence-electron chi connectivity index (χ1n) is 3.17. The molecule has 0 aliphatic rings. The SMILES string of the molecule is Cc1cc(C(=O)O)ccc1[NH]. The Morgan fingerprint density at radius 1 is 1.55 bits per heavy atom. The van der Waals surface area contributed by atoms with Crippen LogP contribution in [-0.2, 0) is 0 Å². The third-order valence-corrected chi connectivity index (χ3v) is 1.47. The standard InChI is InChI=1S/C8H8NO2/c1-5-4-6(8(10)11)2-3-7(5)9/h2-4,9H,1H3,(H,10,11). The molecule has 0 saturated carbocycles. The summed E-state index contributed by atoms with van der Waals surface area (Å²) >= 11 is 0. The molecule has 0 spiro atoms. The zero-order valence-electron chi connectivity index (χ0n) is 6.09. The molecule has 2 N–H and O–H groups in total. The Morgan fingerprint density at radius 2 is 2.18 bits per heavy atom. The van der Waals surface area contributed by atoms with Crippen molar-refractivity contribution in [3.05, 3.63) is 29.3 Å². The molecule has 1 aromatic rings. The van der Waals surface area contributed by atoms with E-state index in [0.29, 0.717) is 11.3 Å². The first kappa shape index (κ1) is 7.60. The molecule has 0 aromatic heterocycles. The summed E-state index contributed by atoms with van der Waals surface area (Å²) in [5.41, 5.74) is 8.55. The number of hydrogen-bond acceptors (Lipinski definition) is 1. The molecule has 0 fully saturated rings. The van der Waals surface area contributed by atoms with Gasteiger partial charge in [-0.15, -0.1) is 0 Å². The fraction of sp³-hybridized carbons (Fsp3) is 0.125. The van der Waals surface area contributed by atoms with Crippen molar-refractivity contribution in [3.63, 3.8) is 0 Å². The van der Waals surface area contributed by atoms with Crippen molar-refractivity contribution in [2.45, 2.75) is 6.92 Å². The maximum atomic E-state index is 10.4. The van der Waals surface area contributed by atoms with E-state index < -0.39 is 5.97 Å². The van der Waals surface area contributed by atoms with E-state index >= 15 is 0 Å². The summed E-state index contributed by atoms with van der Waals surface area (Å²) < 4.78 is 0. The van der Waals surface area contributed by atoms with Crippen LogP contribution in [0.4, 0.5) is 5.69 Å². The van der Waals surface area contributed by atoms with Crippen molar-refractivity contribution in [2.24, 2.45) is 0 Å². The summed E-state index contributed by atoms with van der Waals surface area (Å²) in [5, 5.41) is 8.54. The molecule has 0 amide bonds. The Morgan fingerprint density at radius 3 is 2.64 bits per heavy atom. The first-order chi connectivity index (χ1) is 5.11. The molecule has 1 radical (unpaired) electrons. The monoisotopic (exact) mass is 150 g/mol. The summed E-state index contributed by atoms with van der Waals surface area (Å²) in [5.74, 6) is -0.951. The molecular weight excluding hydrogens is 142 g/mol. The van der Waals surface area contributed by atoms with Gasteiger partial charge in [0.1, 0.15) is 0 Å². The van der Waals surface area contributed by atoms with Crippen LogP contribution in [0.3, 0.4) is 0 Å². The lowest BCUT2D eigenvalue weighted by Gasteiger charge is -1.98. The van der Waals surface area contributed by atoms with E-state index in [1.165, 1.54) is 18.2 Å². The molecular formula is C8H8NO2. The van der Waals surface area contributed by atoms with E-state index in [9.17, 15) is 4.79 Å². The number of carboxylic acid groups (broad SMARTS) is 1. The lowest BCUT2D eigenvalue weighted by molar-refractivity contribution is 0.0697. The highest BCUT2D eigenvalue weighted by molar-refractivity contribution is 5.88. The Labute approximate surface area is 64.5 Å². The highest BCUT2D eigenvalue weighted by Gasteiger charge is 2.02. The van der Waals surface area contributed by atoms with Crippen molar-refractivity contribution >= 4 is 11.7 Å². The average molecular weight is 150 g/mol. The highest BCUT2D eigenvalue weighted by atomic mass is 16.4. The zero-order chi connectivity index (χ0) is 8.43. The number of carbonyl (C=O) groups is 1. The minimum atomic E-state index is -0.951. The van der Waals surface area contributed by atoms with Gasteiger partial charge in [-0.05, 0) is 30.7 Å². The molecule has 1 aromatic carbocycles. The average Bonchev–Trinajstić information content (AvgIpc) is 1.94. The van der Waals surface area contributed by atoms with Gasteiger partial charge in [0.15, 0.2) is 0 Å².